The molecule has 0 aromatic rings. The highest BCUT2D eigenvalue weighted by atomic mass is 16.5. The summed E-state index contributed by atoms with van der Waals surface area (Å²) in [5, 5.41) is 17.9. The predicted octanol–water partition coefficient (Wildman–Crippen LogP) is 2.00. The molecule has 5 nitrogen and oxygen atoms in total. The molecule has 2 unspecified atom stereocenters. The molecule has 17 heavy (non-hydrogen) atoms. The number of hydrogen-bond acceptors (Lipinski definition) is 3. The minimum absolute atomic E-state index is 0.0318. The number of carbonyl (C=O) groups is 2. The molecule has 0 aliphatic heterocycles. The molecule has 0 saturated heterocycles. The average Bonchev–Trinajstić information content (AvgIpc) is 2.23. The van der Waals surface area contributed by atoms with Crippen LogP contribution in [0.2, 0.25) is 0 Å². The van der Waals surface area contributed by atoms with Crippen LogP contribution in [0.25, 0.3) is 0 Å². The molecule has 2 atom stereocenters. The van der Waals surface area contributed by atoms with E-state index in [0.717, 1.165) is 0 Å². The van der Waals surface area contributed by atoms with Crippen molar-refractivity contribution in [3.63, 3.8) is 0 Å². The molecule has 100 valence electrons. The minimum Gasteiger partial charge on any atom is -0.481 e. The van der Waals surface area contributed by atoms with Crippen molar-refractivity contribution in [2.45, 2.75) is 46.1 Å². The van der Waals surface area contributed by atoms with Crippen LogP contribution in [0, 0.1) is 11.3 Å². The van der Waals surface area contributed by atoms with E-state index < -0.39 is 23.0 Å². The summed E-state index contributed by atoms with van der Waals surface area (Å²) in [6.45, 7) is 6.95. The van der Waals surface area contributed by atoms with Crippen molar-refractivity contribution in [3.05, 3.63) is 0 Å². The van der Waals surface area contributed by atoms with Gasteiger partial charge in [-0.05, 0) is 19.3 Å². The monoisotopic (exact) mass is 246 g/mol. The van der Waals surface area contributed by atoms with Gasteiger partial charge >= 0.3 is 11.9 Å². The lowest BCUT2D eigenvalue weighted by Crippen LogP contribution is -2.53. The fraction of sp³-hybridized carbons (Fsp3) is 0.833. The Kier molecular flexibility index (Phi) is 5.13. The fourth-order valence-electron chi connectivity index (χ4n) is 1.80. The maximum Gasteiger partial charge on any atom is 0.336 e. The Hall–Kier alpha value is -1.10. The van der Waals surface area contributed by atoms with E-state index in [9.17, 15) is 14.7 Å². The van der Waals surface area contributed by atoms with Crippen molar-refractivity contribution >= 4 is 11.9 Å². The lowest BCUT2D eigenvalue weighted by Gasteiger charge is -2.43. The molecule has 0 aliphatic rings. The predicted molar refractivity (Wildman–Crippen MR) is 62.9 cm³/mol. The molecule has 0 radical (unpaired) electrons. The van der Waals surface area contributed by atoms with Crippen LogP contribution in [0.15, 0.2) is 0 Å². The van der Waals surface area contributed by atoms with Gasteiger partial charge in [0.25, 0.3) is 0 Å². The van der Waals surface area contributed by atoms with Gasteiger partial charge < -0.3 is 14.9 Å². The Labute approximate surface area is 102 Å². The molecule has 0 aromatic heterocycles. The van der Waals surface area contributed by atoms with Gasteiger partial charge in [0.1, 0.15) is 0 Å². The summed E-state index contributed by atoms with van der Waals surface area (Å²) in [5.41, 5.74) is -1.99. The molecule has 0 spiro atoms. The largest absolute Gasteiger partial charge is 0.481 e. The lowest BCUT2D eigenvalue weighted by molar-refractivity contribution is -0.181. The third kappa shape index (κ3) is 3.19. The van der Waals surface area contributed by atoms with E-state index >= 15 is 0 Å². The molecule has 0 aliphatic carbocycles. The van der Waals surface area contributed by atoms with E-state index in [4.69, 9.17) is 9.84 Å². The van der Waals surface area contributed by atoms with Gasteiger partial charge in [-0.15, -0.1) is 0 Å². The van der Waals surface area contributed by atoms with Crippen molar-refractivity contribution in [2.24, 2.45) is 11.3 Å². The summed E-state index contributed by atoms with van der Waals surface area (Å²) in [6.07, 6.45) is 0.457. The smallest absolute Gasteiger partial charge is 0.336 e. The zero-order valence-electron chi connectivity index (χ0n) is 11.1. The Balaban J connectivity index is 4.96. The van der Waals surface area contributed by atoms with Gasteiger partial charge in [0, 0.05) is 18.9 Å². The van der Waals surface area contributed by atoms with Crippen LogP contribution in [0.3, 0.4) is 0 Å². The third-order valence-corrected chi connectivity index (χ3v) is 4.07. The molecular formula is C12H22O5. The first-order valence-corrected chi connectivity index (χ1v) is 5.60. The fourth-order valence-corrected chi connectivity index (χ4v) is 1.80. The van der Waals surface area contributed by atoms with Gasteiger partial charge in [-0.1, -0.05) is 20.8 Å². The lowest BCUT2D eigenvalue weighted by atomic mass is 9.66. The first-order chi connectivity index (χ1) is 7.59. The van der Waals surface area contributed by atoms with Crippen molar-refractivity contribution in [1.29, 1.82) is 0 Å². The molecule has 0 heterocycles. The number of methoxy groups -OCH3 is 1. The van der Waals surface area contributed by atoms with Crippen molar-refractivity contribution in [2.75, 3.05) is 7.11 Å². The van der Waals surface area contributed by atoms with Crippen LogP contribution in [-0.4, -0.2) is 34.9 Å². The highest BCUT2D eigenvalue weighted by Crippen LogP contribution is 2.42. The Bertz CT molecular complexity index is 297. The van der Waals surface area contributed by atoms with Crippen molar-refractivity contribution in [1.82, 2.24) is 0 Å². The highest BCUT2D eigenvalue weighted by Gasteiger charge is 2.50. The van der Waals surface area contributed by atoms with Crippen molar-refractivity contribution < 1.29 is 24.5 Å². The summed E-state index contributed by atoms with van der Waals surface area (Å²) in [4.78, 5) is 21.8. The Morgan fingerprint density at radius 3 is 2.00 bits per heavy atom. The Morgan fingerprint density at radius 2 is 1.71 bits per heavy atom. The normalized spacial score (nSPS) is 17.2. The van der Waals surface area contributed by atoms with E-state index in [-0.39, 0.29) is 12.3 Å². The number of rotatable bonds is 7. The topological polar surface area (TPSA) is 83.8 Å². The van der Waals surface area contributed by atoms with Gasteiger partial charge in [0.05, 0.1) is 0 Å². The van der Waals surface area contributed by atoms with Gasteiger partial charge in [0.2, 0.25) is 0 Å². The van der Waals surface area contributed by atoms with Crippen LogP contribution in [0.5, 0.6) is 0 Å². The van der Waals surface area contributed by atoms with Crippen LogP contribution in [0.4, 0.5) is 0 Å². The summed E-state index contributed by atoms with van der Waals surface area (Å²) in [7, 11) is 1.36. The highest BCUT2D eigenvalue weighted by molar-refractivity contribution is 5.78. The van der Waals surface area contributed by atoms with Gasteiger partial charge in [-0.25, -0.2) is 4.79 Å². The second kappa shape index (κ2) is 5.49. The molecule has 0 bridgehead atoms. The van der Waals surface area contributed by atoms with Crippen LogP contribution >= 0.6 is 0 Å². The standard InChI is InChI=1S/C12H22O5/c1-8(6-7-9(13)14)11(2,3)12(4,17-5)10(15)16/h8H,6-7H2,1-5H3,(H,13,14)(H,15,16). The summed E-state index contributed by atoms with van der Waals surface area (Å²) in [5.74, 6) is -1.99. The number of aliphatic carboxylic acids is 2. The first-order valence-electron chi connectivity index (χ1n) is 5.60. The zero-order chi connectivity index (χ0) is 13.9. The van der Waals surface area contributed by atoms with Crippen LogP contribution in [-0.2, 0) is 14.3 Å². The van der Waals surface area contributed by atoms with Crippen LogP contribution < -0.4 is 0 Å². The van der Waals surface area contributed by atoms with E-state index in [1.165, 1.54) is 14.0 Å². The molecule has 5 heteroatoms. The summed E-state index contributed by atoms with van der Waals surface area (Å²) >= 11 is 0. The van der Waals surface area contributed by atoms with Gasteiger partial charge in [-0.3, -0.25) is 4.79 Å². The molecule has 0 rings (SSSR count). The Morgan fingerprint density at radius 1 is 1.24 bits per heavy atom. The first kappa shape index (κ1) is 15.9. The van der Waals surface area contributed by atoms with Gasteiger partial charge in [-0.2, -0.15) is 0 Å². The van der Waals surface area contributed by atoms with E-state index in [2.05, 4.69) is 0 Å². The zero-order valence-corrected chi connectivity index (χ0v) is 11.1. The SMILES string of the molecule is COC(C)(C(=O)O)C(C)(C)C(C)CCC(=O)O. The van der Waals surface area contributed by atoms with Crippen molar-refractivity contribution in [3.8, 4) is 0 Å². The summed E-state index contributed by atoms with van der Waals surface area (Å²) < 4.78 is 5.15. The third-order valence-electron chi connectivity index (χ3n) is 4.07. The quantitative estimate of drug-likeness (QED) is 0.717. The molecule has 0 aromatic carbocycles. The maximum atomic E-state index is 11.3. The van der Waals surface area contributed by atoms with Gasteiger partial charge in [0.15, 0.2) is 5.60 Å². The molecule has 2 N–H and O–H groups in total. The van der Waals surface area contributed by atoms with Crippen LogP contribution in [0.1, 0.15) is 40.5 Å². The molecular weight excluding hydrogens is 224 g/mol. The molecule has 0 amide bonds. The van der Waals surface area contributed by atoms with E-state index in [1.54, 1.807) is 13.8 Å². The minimum atomic E-state index is -1.33. The second-order valence-corrected chi connectivity index (χ2v) is 5.10. The molecule has 0 saturated carbocycles. The molecule has 0 fully saturated rings. The average molecular weight is 246 g/mol. The van der Waals surface area contributed by atoms with E-state index in [1.807, 2.05) is 6.92 Å². The second-order valence-electron chi connectivity index (χ2n) is 5.10. The number of carboxylic acid groups (broad SMARTS) is 2. The summed E-state index contributed by atoms with van der Waals surface area (Å²) in [6, 6.07) is 0. The maximum absolute atomic E-state index is 11.3. The number of hydrogen-bond donors (Lipinski definition) is 2. The van der Waals surface area contributed by atoms with E-state index in [0.29, 0.717) is 6.42 Å². The number of carboxylic acids is 2. The number of ether oxygens (including phenoxy) is 1.